The molecule has 16 heavy (non-hydrogen) atoms. The molecule has 0 bridgehead atoms. The van der Waals surface area contributed by atoms with Gasteiger partial charge in [0.1, 0.15) is 11.3 Å². The summed E-state index contributed by atoms with van der Waals surface area (Å²) in [5, 5.41) is 1.12. The van der Waals surface area contributed by atoms with Gasteiger partial charge >= 0.3 is 0 Å². The second kappa shape index (κ2) is 3.17. The monoisotopic (exact) mass is 210 g/mol. The SMILES string of the molecule is Cc1cccc2ccc3ncc(C=O)n3c12. The van der Waals surface area contributed by atoms with Crippen molar-refractivity contribution in [2.45, 2.75) is 6.92 Å². The Morgan fingerprint density at radius 1 is 1.25 bits per heavy atom. The number of para-hydroxylation sites is 1. The number of hydrogen-bond acceptors (Lipinski definition) is 2. The van der Waals surface area contributed by atoms with Gasteiger partial charge in [0.25, 0.3) is 0 Å². The number of carbonyl (C=O) groups is 1. The molecule has 2 heterocycles. The number of imidazole rings is 1. The fourth-order valence-corrected chi connectivity index (χ4v) is 2.11. The van der Waals surface area contributed by atoms with E-state index in [2.05, 4.69) is 4.98 Å². The predicted octanol–water partition coefficient (Wildman–Crippen LogP) is 2.61. The van der Waals surface area contributed by atoms with E-state index in [0.29, 0.717) is 5.69 Å². The summed E-state index contributed by atoms with van der Waals surface area (Å²) in [7, 11) is 0. The van der Waals surface area contributed by atoms with Crippen LogP contribution in [0.2, 0.25) is 0 Å². The predicted molar refractivity (Wildman–Crippen MR) is 62.8 cm³/mol. The number of carbonyl (C=O) groups excluding carboxylic acids is 1. The van der Waals surface area contributed by atoms with Crippen LogP contribution >= 0.6 is 0 Å². The molecule has 78 valence electrons. The average molecular weight is 210 g/mol. The van der Waals surface area contributed by atoms with E-state index in [9.17, 15) is 4.79 Å². The molecule has 3 nitrogen and oxygen atoms in total. The third kappa shape index (κ3) is 1.08. The van der Waals surface area contributed by atoms with Crippen LogP contribution in [-0.4, -0.2) is 15.7 Å². The van der Waals surface area contributed by atoms with Gasteiger partial charge in [0.05, 0.1) is 11.7 Å². The molecule has 0 aliphatic rings. The van der Waals surface area contributed by atoms with Gasteiger partial charge in [0.2, 0.25) is 0 Å². The van der Waals surface area contributed by atoms with Crippen LogP contribution < -0.4 is 0 Å². The maximum absolute atomic E-state index is 11.0. The van der Waals surface area contributed by atoms with Crippen molar-refractivity contribution < 1.29 is 4.79 Å². The lowest BCUT2D eigenvalue weighted by Crippen LogP contribution is -1.95. The van der Waals surface area contributed by atoms with E-state index in [1.165, 1.54) is 0 Å². The molecule has 0 saturated carbocycles. The summed E-state index contributed by atoms with van der Waals surface area (Å²) >= 11 is 0. The van der Waals surface area contributed by atoms with Gasteiger partial charge in [-0.15, -0.1) is 0 Å². The van der Waals surface area contributed by atoms with Crippen LogP contribution in [0.1, 0.15) is 16.1 Å². The lowest BCUT2D eigenvalue weighted by atomic mass is 10.1. The molecular weight excluding hydrogens is 200 g/mol. The Morgan fingerprint density at radius 3 is 2.94 bits per heavy atom. The number of aryl methyl sites for hydroxylation is 1. The van der Waals surface area contributed by atoms with Gasteiger partial charge in [0.15, 0.2) is 6.29 Å². The molecule has 0 aliphatic heterocycles. The zero-order chi connectivity index (χ0) is 11.1. The summed E-state index contributed by atoms with van der Waals surface area (Å²) in [6.07, 6.45) is 2.44. The molecule has 0 aliphatic carbocycles. The van der Waals surface area contributed by atoms with Gasteiger partial charge < -0.3 is 0 Å². The third-order valence-corrected chi connectivity index (χ3v) is 2.84. The molecule has 0 unspecified atom stereocenters. The van der Waals surface area contributed by atoms with E-state index in [-0.39, 0.29) is 0 Å². The van der Waals surface area contributed by atoms with Crippen LogP contribution in [0.15, 0.2) is 36.5 Å². The molecule has 1 aromatic carbocycles. The summed E-state index contributed by atoms with van der Waals surface area (Å²) in [6, 6.07) is 10.0. The summed E-state index contributed by atoms with van der Waals surface area (Å²) in [4.78, 5) is 15.2. The summed E-state index contributed by atoms with van der Waals surface area (Å²) in [6.45, 7) is 2.04. The van der Waals surface area contributed by atoms with Crippen molar-refractivity contribution in [2.24, 2.45) is 0 Å². The fraction of sp³-hybridized carbons (Fsp3) is 0.0769. The summed E-state index contributed by atoms with van der Waals surface area (Å²) in [5.74, 6) is 0. The van der Waals surface area contributed by atoms with Crippen molar-refractivity contribution in [3.05, 3.63) is 47.8 Å². The number of pyridine rings is 1. The van der Waals surface area contributed by atoms with Crippen molar-refractivity contribution in [1.29, 1.82) is 0 Å². The summed E-state index contributed by atoms with van der Waals surface area (Å²) < 4.78 is 1.90. The topological polar surface area (TPSA) is 34.4 Å². The number of aldehydes is 1. The van der Waals surface area contributed by atoms with E-state index < -0.39 is 0 Å². The molecule has 0 spiro atoms. The lowest BCUT2D eigenvalue weighted by molar-refractivity contribution is 0.111. The van der Waals surface area contributed by atoms with Gasteiger partial charge in [0, 0.05) is 0 Å². The highest BCUT2D eigenvalue weighted by molar-refractivity contribution is 5.88. The molecule has 3 heteroatoms. The van der Waals surface area contributed by atoms with Crippen LogP contribution in [0.5, 0.6) is 0 Å². The average Bonchev–Trinajstić information content (AvgIpc) is 2.72. The van der Waals surface area contributed by atoms with Crippen LogP contribution in [0.4, 0.5) is 0 Å². The minimum Gasteiger partial charge on any atom is -0.296 e. The molecule has 0 N–H and O–H groups in total. The number of nitrogens with zero attached hydrogens (tertiary/aromatic N) is 2. The van der Waals surface area contributed by atoms with Gasteiger partial charge in [-0.2, -0.15) is 0 Å². The maximum Gasteiger partial charge on any atom is 0.168 e. The van der Waals surface area contributed by atoms with Crippen LogP contribution in [0.25, 0.3) is 16.6 Å². The van der Waals surface area contributed by atoms with E-state index in [1.54, 1.807) is 6.20 Å². The van der Waals surface area contributed by atoms with Crippen molar-refractivity contribution in [1.82, 2.24) is 9.38 Å². The Labute approximate surface area is 92.3 Å². The molecule has 0 amide bonds. The Hall–Kier alpha value is -2.16. The first-order chi connectivity index (χ1) is 7.81. The minimum atomic E-state index is 0.593. The van der Waals surface area contributed by atoms with Crippen molar-refractivity contribution in [2.75, 3.05) is 0 Å². The minimum absolute atomic E-state index is 0.593. The zero-order valence-corrected chi connectivity index (χ0v) is 8.84. The number of aromatic nitrogens is 2. The van der Waals surface area contributed by atoms with Gasteiger partial charge in [-0.1, -0.05) is 18.2 Å². The maximum atomic E-state index is 11.0. The first-order valence-corrected chi connectivity index (χ1v) is 5.12. The van der Waals surface area contributed by atoms with Gasteiger partial charge in [-0.05, 0) is 30.0 Å². The molecular formula is C13H10N2O. The second-order valence-corrected chi connectivity index (χ2v) is 3.84. The number of hydrogen-bond donors (Lipinski definition) is 0. The molecule has 0 atom stereocenters. The largest absolute Gasteiger partial charge is 0.296 e. The van der Waals surface area contributed by atoms with E-state index in [0.717, 1.165) is 28.4 Å². The number of rotatable bonds is 1. The Bertz CT molecular complexity index is 698. The van der Waals surface area contributed by atoms with E-state index in [4.69, 9.17) is 0 Å². The molecule has 3 aromatic rings. The molecule has 3 rings (SSSR count). The smallest absolute Gasteiger partial charge is 0.168 e. The van der Waals surface area contributed by atoms with Gasteiger partial charge in [-0.3, -0.25) is 9.20 Å². The standard InChI is InChI=1S/C13H10N2O/c1-9-3-2-4-10-5-6-12-14-7-11(8-16)15(12)13(9)10/h2-8H,1H3. The summed E-state index contributed by atoms with van der Waals surface area (Å²) in [5.41, 5.74) is 3.60. The van der Waals surface area contributed by atoms with Crippen LogP contribution in [0.3, 0.4) is 0 Å². The van der Waals surface area contributed by atoms with Crippen molar-refractivity contribution in [3.8, 4) is 0 Å². The van der Waals surface area contributed by atoms with E-state index in [1.807, 2.05) is 41.7 Å². The Balaban J connectivity index is 2.65. The molecule has 0 saturated heterocycles. The number of benzene rings is 1. The highest BCUT2D eigenvalue weighted by Gasteiger charge is 2.07. The third-order valence-electron chi connectivity index (χ3n) is 2.84. The van der Waals surface area contributed by atoms with Crippen LogP contribution in [0, 0.1) is 6.92 Å². The normalized spacial score (nSPS) is 11.1. The number of fused-ring (bicyclic) bond motifs is 3. The fourth-order valence-electron chi connectivity index (χ4n) is 2.11. The first kappa shape index (κ1) is 9.09. The van der Waals surface area contributed by atoms with Crippen LogP contribution in [-0.2, 0) is 0 Å². The second-order valence-electron chi connectivity index (χ2n) is 3.84. The molecule has 0 fully saturated rings. The highest BCUT2D eigenvalue weighted by atomic mass is 16.1. The zero-order valence-electron chi connectivity index (χ0n) is 8.84. The van der Waals surface area contributed by atoms with Crippen molar-refractivity contribution in [3.63, 3.8) is 0 Å². The van der Waals surface area contributed by atoms with Gasteiger partial charge in [-0.25, -0.2) is 4.98 Å². The Morgan fingerprint density at radius 2 is 2.12 bits per heavy atom. The highest BCUT2D eigenvalue weighted by Crippen LogP contribution is 2.21. The molecule has 2 aromatic heterocycles. The first-order valence-electron chi connectivity index (χ1n) is 5.12. The lowest BCUT2D eigenvalue weighted by Gasteiger charge is -2.06. The van der Waals surface area contributed by atoms with Crippen molar-refractivity contribution >= 4 is 22.8 Å². The van der Waals surface area contributed by atoms with E-state index >= 15 is 0 Å². The Kier molecular flexibility index (Phi) is 1.80. The quantitative estimate of drug-likeness (QED) is 0.578. The molecule has 0 radical (unpaired) electrons.